The minimum absolute atomic E-state index is 0.135. The Kier molecular flexibility index (Phi) is 10.9. The predicted octanol–water partition coefficient (Wildman–Crippen LogP) is 9.98. The molecule has 8 rings (SSSR count). The molecule has 0 bridgehead atoms. The van der Waals surface area contributed by atoms with E-state index in [-0.39, 0.29) is 6.10 Å². The van der Waals surface area contributed by atoms with Crippen LogP contribution in [0.2, 0.25) is 0 Å². The van der Waals surface area contributed by atoms with Crippen molar-refractivity contribution < 1.29 is 33.3 Å². The lowest BCUT2D eigenvalue weighted by atomic mass is 9.98. The van der Waals surface area contributed by atoms with Gasteiger partial charge in [0.15, 0.2) is 0 Å². The topological polar surface area (TPSA) is 140 Å². The Labute approximate surface area is 345 Å². The molecule has 2 aromatic heterocycles. The van der Waals surface area contributed by atoms with Crippen LogP contribution in [-0.2, 0) is 18.9 Å². The quantitative estimate of drug-likeness (QED) is 0.0965. The first-order valence-corrected chi connectivity index (χ1v) is 19.0. The molecule has 8 aromatic rings. The van der Waals surface area contributed by atoms with Gasteiger partial charge in [0.25, 0.3) is 0 Å². The molecule has 296 valence electrons. The van der Waals surface area contributed by atoms with Crippen molar-refractivity contribution in [1.82, 2.24) is 19.9 Å². The SMILES string of the molecule is COC(=O)c1cccc(-c2nc3ccc(-c4ccc5nc(-c6cccc(C(C)OC)c6)c(-c6cccc(C(=O)OC)c6)nc5c4)cc3nc2-c2cccc(C(=O)OC)c2)c1. The summed E-state index contributed by atoms with van der Waals surface area (Å²) in [6.45, 7) is 1.99. The van der Waals surface area contributed by atoms with Gasteiger partial charge in [-0.15, -0.1) is 0 Å². The number of hydrogen-bond donors (Lipinski definition) is 0. The zero-order valence-corrected chi connectivity index (χ0v) is 33.4. The van der Waals surface area contributed by atoms with Crippen LogP contribution >= 0.6 is 0 Å². The minimum atomic E-state index is -0.484. The summed E-state index contributed by atoms with van der Waals surface area (Å²) in [5, 5.41) is 0. The van der Waals surface area contributed by atoms with E-state index in [2.05, 4.69) is 0 Å². The molecule has 0 fully saturated rings. The molecule has 0 aliphatic carbocycles. The van der Waals surface area contributed by atoms with E-state index in [9.17, 15) is 14.4 Å². The van der Waals surface area contributed by atoms with E-state index in [0.29, 0.717) is 78.2 Å². The zero-order valence-electron chi connectivity index (χ0n) is 33.4. The van der Waals surface area contributed by atoms with E-state index in [1.807, 2.05) is 85.8 Å². The molecule has 0 saturated heterocycles. The van der Waals surface area contributed by atoms with Gasteiger partial charge >= 0.3 is 17.9 Å². The Hall–Kier alpha value is -7.63. The molecule has 60 heavy (non-hydrogen) atoms. The van der Waals surface area contributed by atoms with Crippen molar-refractivity contribution in [3.8, 4) is 56.2 Å². The molecule has 6 aromatic carbocycles. The van der Waals surface area contributed by atoms with Crippen molar-refractivity contribution >= 4 is 40.0 Å². The minimum Gasteiger partial charge on any atom is -0.465 e. The van der Waals surface area contributed by atoms with E-state index in [1.165, 1.54) is 21.3 Å². The van der Waals surface area contributed by atoms with Crippen LogP contribution in [0.4, 0.5) is 0 Å². The lowest BCUT2D eigenvalue weighted by molar-refractivity contribution is 0.0592. The maximum Gasteiger partial charge on any atom is 0.337 e. The first kappa shape index (κ1) is 39.2. The van der Waals surface area contributed by atoms with Gasteiger partial charge in [-0.3, -0.25) is 0 Å². The fourth-order valence-corrected chi connectivity index (χ4v) is 7.08. The Morgan fingerprint density at radius 2 is 0.750 bits per heavy atom. The normalized spacial score (nSPS) is 11.6. The van der Waals surface area contributed by atoms with Crippen molar-refractivity contribution in [3.63, 3.8) is 0 Å². The average molecular weight is 795 g/mol. The molecule has 1 unspecified atom stereocenters. The van der Waals surface area contributed by atoms with Crippen molar-refractivity contribution in [3.05, 3.63) is 156 Å². The van der Waals surface area contributed by atoms with Gasteiger partial charge in [-0.05, 0) is 90.3 Å². The smallest absolute Gasteiger partial charge is 0.337 e. The molecular weight excluding hydrogens is 757 g/mol. The van der Waals surface area contributed by atoms with Gasteiger partial charge in [0.05, 0.1) is 89.0 Å². The van der Waals surface area contributed by atoms with Gasteiger partial charge in [0.2, 0.25) is 0 Å². The third-order valence-electron chi connectivity index (χ3n) is 10.3. The molecular formula is C49H38N4O7. The van der Waals surface area contributed by atoms with Gasteiger partial charge in [-0.2, -0.15) is 0 Å². The summed E-state index contributed by atoms with van der Waals surface area (Å²) in [4.78, 5) is 58.2. The molecule has 0 amide bonds. The molecule has 0 saturated carbocycles. The van der Waals surface area contributed by atoms with Crippen LogP contribution in [0.5, 0.6) is 0 Å². The molecule has 0 radical (unpaired) electrons. The summed E-state index contributed by atoms with van der Waals surface area (Å²) in [5.74, 6) is -1.42. The Morgan fingerprint density at radius 3 is 1.12 bits per heavy atom. The third kappa shape index (κ3) is 7.69. The van der Waals surface area contributed by atoms with Crippen LogP contribution in [-0.4, -0.2) is 66.3 Å². The van der Waals surface area contributed by atoms with Crippen LogP contribution in [0.3, 0.4) is 0 Å². The van der Waals surface area contributed by atoms with Gasteiger partial charge in [-0.25, -0.2) is 34.3 Å². The monoisotopic (exact) mass is 794 g/mol. The van der Waals surface area contributed by atoms with Gasteiger partial charge < -0.3 is 18.9 Å². The van der Waals surface area contributed by atoms with Crippen LogP contribution in [0, 0.1) is 0 Å². The van der Waals surface area contributed by atoms with Crippen LogP contribution in [0.1, 0.15) is 49.7 Å². The van der Waals surface area contributed by atoms with E-state index < -0.39 is 17.9 Å². The maximum atomic E-state index is 12.6. The Bertz CT molecular complexity index is 2980. The molecule has 2 heterocycles. The second-order valence-corrected chi connectivity index (χ2v) is 14.0. The van der Waals surface area contributed by atoms with E-state index >= 15 is 0 Å². The third-order valence-corrected chi connectivity index (χ3v) is 10.3. The van der Waals surface area contributed by atoms with Crippen molar-refractivity contribution in [2.24, 2.45) is 0 Å². The van der Waals surface area contributed by atoms with E-state index in [1.54, 1.807) is 61.7 Å². The Morgan fingerprint density at radius 1 is 0.400 bits per heavy atom. The molecule has 11 heteroatoms. The molecule has 0 aliphatic heterocycles. The highest BCUT2D eigenvalue weighted by atomic mass is 16.5. The summed E-state index contributed by atoms with van der Waals surface area (Å²) in [7, 11) is 5.69. The summed E-state index contributed by atoms with van der Waals surface area (Å²) >= 11 is 0. The lowest BCUT2D eigenvalue weighted by Gasteiger charge is -2.15. The number of rotatable bonds is 10. The second-order valence-electron chi connectivity index (χ2n) is 14.0. The first-order chi connectivity index (χ1) is 29.2. The molecule has 11 nitrogen and oxygen atoms in total. The number of nitrogens with zero attached hydrogens (tertiary/aromatic N) is 4. The predicted molar refractivity (Wildman–Crippen MR) is 229 cm³/mol. The van der Waals surface area contributed by atoms with E-state index in [0.717, 1.165) is 22.3 Å². The molecule has 1 atom stereocenters. The number of carbonyl (C=O) groups is 3. The number of methoxy groups -OCH3 is 4. The summed E-state index contributed by atoms with van der Waals surface area (Å²) in [6.07, 6.45) is -0.135. The van der Waals surface area contributed by atoms with Crippen molar-refractivity contribution in [2.75, 3.05) is 28.4 Å². The Balaban J connectivity index is 1.28. The zero-order chi connectivity index (χ0) is 41.9. The van der Waals surface area contributed by atoms with Gasteiger partial charge in [0.1, 0.15) is 0 Å². The highest BCUT2D eigenvalue weighted by Gasteiger charge is 2.20. The lowest BCUT2D eigenvalue weighted by Crippen LogP contribution is -2.03. The second kappa shape index (κ2) is 16.7. The fourth-order valence-electron chi connectivity index (χ4n) is 7.08. The highest BCUT2D eigenvalue weighted by Crippen LogP contribution is 2.36. The van der Waals surface area contributed by atoms with Crippen molar-refractivity contribution in [1.29, 1.82) is 0 Å². The number of fused-ring (bicyclic) bond motifs is 2. The van der Waals surface area contributed by atoms with Crippen LogP contribution in [0.15, 0.2) is 133 Å². The maximum absolute atomic E-state index is 12.6. The standard InChI is InChI=1S/C49H38N4O7/c1-28(57-2)29-10-6-11-32(22-29)43-45(34-13-8-16-37(24-34)48(55)59-4)52-41-26-30(18-20-39(41)50-43)31-19-21-40-42(27-31)53-46(35-14-9-17-38(25-35)49(56)60-5)44(51-40)33-12-7-15-36(23-33)47(54)58-3/h6-28H,1-5H3. The number of esters is 3. The van der Waals surface area contributed by atoms with Crippen LogP contribution in [0.25, 0.3) is 78.2 Å². The van der Waals surface area contributed by atoms with Gasteiger partial charge in [0, 0.05) is 29.4 Å². The number of aromatic nitrogens is 4. The summed E-state index contributed by atoms with van der Waals surface area (Å²) in [5.41, 5.74) is 11.5. The largest absolute Gasteiger partial charge is 0.465 e. The number of ether oxygens (including phenoxy) is 4. The summed E-state index contributed by atoms with van der Waals surface area (Å²) < 4.78 is 20.6. The number of benzene rings is 6. The highest BCUT2D eigenvalue weighted by molar-refractivity contribution is 5.96. The van der Waals surface area contributed by atoms with Gasteiger partial charge in [-0.1, -0.05) is 66.7 Å². The molecule has 0 aliphatic rings. The average Bonchev–Trinajstić information content (AvgIpc) is 3.31. The van der Waals surface area contributed by atoms with Crippen molar-refractivity contribution in [2.45, 2.75) is 13.0 Å². The number of carbonyl (C=O) groups excluding carboxylic acids is 3. The molecule has 0 spiro atoms. The summed E-state index contributed by atoms with van der Waals surface area (Å²) in [6, 6.07) is 40.9. The molecule has 0 N–H and O–H groups in total. The fraction of sp³-hybridized carbons (Fsp3) is 0.122. The van der Waals surface area contributed by atoms with E-state index in [4.69, 9.17) is 38.9 Å². The van der Waals surface area contributed by atoms with Crippen LogP contribution < -0.4 is 0 Å². The first-order valence-electron chi connectivity index (χ1n) is 19.0. The number of hydrogen-bond acceptors (Lipinski definition) is 11.